The van der Waals surface area contributed by atoms with Gasteiger partial charge in [-0.15, -0.1) is 11.3 Å². The number of nitrogens with one attached hydrogen (secondary N) is 1. The molecule has 0 atom stereocenters. The lowest BCUT2D eigenvalue weighted by atomic mass is 10.3. The Bertz CT molecular complexity index is 673. The number of aryl methyl sites for hydroxylation is 1. The minimum absolute atomic E-state index is 0.703. The summed E-state index contributed by atoms with van der Waals surface area (Å²) in [5.74, 6) is 1.59. The highest BCUT2D eigenvalue weighted by atomic mass is 32.1. The average Bonchev–Trinajstić information content (AvgIpc) is 2.96. The predicted octanol–water partition coefficient (Wildman–Crippen LogP) is 3.69. The summed E-state index contributed by atoms with van der Waals surface area (Å²) in [5, 5.41) is 4.38. The number of nitrogens with zero attached hydrogens (tertiary/aromatic N) is 2. The molecule has 0 aromatic carbocycles. The zero-order chi connectivity index (χ0) is 12.5. The lowest BCUT2D eigenvalue weighted by molar-refractivity contribution is 0.568. The number of aromatic nitrogens is 2. The van der Waals surface area contributed by atoms with Gasteiger partial charge < -0.3 is 9.73 Å². The molecule has 0 bridgehead atoms. The zero-order valence-corrected chi connectivity index (χ0v) is 11.0. The SMILES string of the molecule is CCNc1nc(-c2ccoc2)nc2sc(C)cc12. The molecule has 0 aliphatic rings. The number of hydrogen-bond donors (Lipinski definition) is 1. The van der Waals surface area contributed by atoms with E-state index < -0.39 is 0 Å². The van der Waals surface area contributed by atoms with Crippen LogP contribution in [0.2, 0.25) is 0 Å². The molecule has 0 radical (unpaired) electrons. The quantitative estimate of drug-likeness (QED) is 0.779. The molecule has 0 saturated heterocycles. The Morgan fingerprint density at radius 1 is 1.39 bits per heavy atom. The van der Waals surface area contributed by atoms with Gasteiger partial charge in [0, 0.05) is 11.4 Å². The van der Waals surface area contributed by atoms with Crippen LogP contribution < -0.4 is 5.32 Å². The van der Waals surface area contributed by atoms with E-state index in [-0.39, 0.29) is 0 Å². The van der Waals surface area contributed by atoms with Crippen molar-refractivity contribution in [3.05, 3.63) is 29.5 Å². The molecule has 4 nitrogen and oxygen atoms in total. The lowest BCUT2D eigenvalue weighted by Crippen LogP contribution is -2.01. The highest BCUT2D eigenvalue weighted by Crippen LogP contribution is 2.30. The van der Waals surface area contributed by atoms with Crippen LogP contribution in [0, 0.1) is 6.92 Å². The van der Waals surface area contributed by atoms with Gasteiger partial charge in [0.1, 0.15) is 16.9 Å². The van der Waals surface area contributed by atoms with E-state index in [0.29, 0.717) is 5.82 Å². The van der Waals surface area contributed by atoms with Gasteiger partial charge in [0.15, 0.2) is 5.82 Å². The zero-order valence-electron chi connectivity index (χ0n) is 10.2. The van der Waals surface area contributed by atoms with Crippen LogP contribution in [-0.2, 0) is 0 Å². The summed E-state index contributed by atoms with van der Waals surface area (Å²) in [6, 6.07) is 3.99. The van der Waals surface area contributed by atoms with Crippen LogP contribution in [0.4, 0.5) is 5.82 Å². The van der Waals surface area contributed by atoms with Crippen molar-refractivity contribution in [3.8, 4) is 11.4 Å². The first-order chi connectivity index (χ1) is 8.78. The van der Waals surface area contributed by atoms with Crippen molar-refractivity contribution >= 4 is 27.4 Å². The van der Waals surface area contributed by atoms with E-state index in [4.69, 9.17) is 4.42 Å². The van der Waals surface area contributed by atoms with Crippen LogP contribution >= 0.6 is 11.3 Å². The van der Waals surface area contributed by atoms with Gasteiger partial charge >= 0.3 is 0 Å². The second-order valence-electron chi connectivity index (χ2n) is 4.01. The van der Waals surface area contributed by atoms with Crippen LogP contribution in [0.15, 0.2) is 29.1 Å². The number of rotatable bonds is 3. The van der Waals surface area contributed by atoms with Crippen LogP contribution in [0.3, 0.4) is 0 Å². The molecule has 92 valence electrons. The van der Waals surface area contributed by atoms with Gasteiger partial charge in [-0.05, 0) is 26.0 Å². The topological polar surface area (TPSA) is 51.0 Å². The van der Waals surface area contributed by atoms with Crippen LogP contribution in [0.5, 0.6) is 0 Å². The third-order valence-corrected chi connectivity index (χ3v) is 3.58. The Morgan fingerprint density at radius 3 is 3.00 bits per heavy atom. The van der Waals surface area contributed by atoms with Crippen molar-refractivity contribution in [3.63, 3.8) is 0 Å². The maximum Gasteiger partial charge on any atom is 0.166 e. The molecule has 5 heteroatoms. The van der Waals surface area contributed by atoms with E-state index in [0.717, 1.165) is 28.1 Å². The molecule has 3 aromatic rings. The van der Waals surface area contributed by atoms with Crippen molar-refractivity contribution in [2.24, 2.45) is 0 Å². The maximum atomic E-state index is 5.09. The number of furan rings is 1. The van der Waals surface area contributed by atoms with Crippen molar-refractivity contribution in [2.75, 3.05) is 11.9 Å². The van der Waals surface area contributed by atoms with E-state index in [1.165, 1.54) is 4.88 Å². The fraction of sp³-hybridized carbons (Fsp3) is 0.231. The highest BCUT2D eigenvalue weighted by Gasteiger charge is 2.11. The highest BCUT2D eigenvalue weighted by molar-refractivity contribution is 7.18. The summed E-state index contributed by atoms with van der Waals surface area (Å²) >= 11 is 1.68. The van der Waals surface area contributed by atoms with E-state index in [1.807, 2.05) is 6.07 Å². The Hall–Kier alpha value is -1.88. The van der Waals surface area contributed by atoms with Gasteiger partial charge in [-0.1, -0.05) is 0 Å². The second kappa shape index (κ2) is 4.42. The van der Waals surface area contributed by atoms with E-state index >= 15 is 0 Å². The molecule has 0 aliphatic heterocycles. The monoisotopic (exact) mass is 259 g/mol. The summed E-state index contributed by atoms with van der Waals surface area (Å²) < 4.78 is 5.09. The second-order valence-corrected chi connectivity index (χ2v) is 5.25. The van der Waals surface area contributed by atoms with Gasteiger partial charge in [0.25, 0.3) is 0 Å². The van der Waals surface area contributed by atoms with E-state index in [1.54, 1.807) is 23.9 Å². The van der Waals surface area contributed by atoms with Crippen LogP contribution in [0.25, 0.3) is 21.6 Å². The smallest absolute Gasteiger partial charge is 0.166 e. The standard InChI is InChI=1S/C13H13N3OS/c1-3-14-12-10-6-8(2)18-13(10)16-11(15-12)9-4-5-17-7-9/h4-7H,3H2,1-2H3,(H,14,15,16). The van der Waals surface area contributed by atoms with Gasteiger partial charge in [0.2, 0.25) is 0 Å². The minimum atomic E-state index is 0.703. The molecule has 0 fully saturated rings. The molecular weight excluding hydrogens is 246 g/mol. The fourth-order valence-corrected chi connectivity index (χ4v) is 2.74. The van der Waals surface area contributed by atoms with Gasteiger partial charge in [-0.2, -0.15) is 0 Å². The first-order valence-electron chi connectivity index (χ1n) is 5.82. The van der Waals surface area contributed by atoms with Gasteiger partial charge in [-0.3, -0.25) is 0 Å². The normalized spacial score (nSPS) is 11.0. The molecular formula is C13H13N3OS. The molecule has 0 amide bonds. The van der Waals surface area contributed by atoms with Crippen molar-refractivity contribution < 1.29 is 4.42 Å². The van der Waals surface area contributed by atoms with Gasteiger partial charge in [-0.25, -0.2) is 9.97 Å². The molecule has 0 aliphatic carbocycles. The Morgan fingerprint density at radius 2 is 2.28 bits per heavy atom. The number of fused-ring (bicyclic) bond motifs is 1. The summed E-state index contributed by atoms with van der Waals surface area (Å²) in [6.07, 6.45) is 3.30. The molecule has 3 heterocycles. The van der Waals surface area contributed by atoms with Crippen LogP contribution in [-0.4, -0.2) is 16.5 Å². The van der Waals surface area contributed by atoms with Crippen molar-refractivity contribution in [1.82, 2.24) is 9.97 Å². The Labute approximate surface area is 109 Å². The number of anilines is 1. The summed E-state index contributed by atoms with van der Waals surface area (Å²) in [4.78, 5) is 11.4. The first-order valence-corrected chi connectivity index (χ1v) is 6.64. The summed E-state index contributed by atoms with van der Waals surface area (Å²) in [6.45, 7) is 4.98. The summed E-state index contributed by atoms with van der Waals surface area (Å²) in [5.41, 5.74) is 0.905. The molecule has 18 heavy (non-hydrogen) atoms. The predicted molar refractivity (Wildman–Crippen MR) is 74.0 cm³/mol. The molecule has 0 spiro atoms. The molecule has 0 saturated carbocycles. The molecule has 0 unspecified atom stereocenters. The van der Waals surface area contributed by atoms with Gasteiger partial charge in [0.05, 0.1) is 17.2 Å². The van der Waals surface area contributed by atoms with Crippen LogP contribution in [0.1, 0.15) is 11.8 Å². The number of hydrogen-bond acceptors (Lipinski definition) is 5. The Balaban J connectivity index is 2.22. The lowest BCUT2D eigenvalue weighted by Gasteiger charge is -2.05. The molecule has 1 N–H and O–H groups in total. The first kappa shape index (κ1) is 11.2. The van der Waals surface area contributed by atoms with E-state index in [9.17, 15) is 0 Å². The third-order valence-electron chi connectivity index (χ3n) is 2.64. The van der Waals surface area contributed by atoms with Crippen molar-refractivity contribution in [1.29, 1.82) is 0 Å². The minimum Gasteiger partial charge on any atom is -0.472 e. The third kappa shape index (κ3) is 1.86. The average molecular weight is 259 g/mol. The maximum absolute atomic E-state index is 5.09. The molecule has 3 aromatic heterocycles. The Kier molecular flexibility index (Phi) is 2.76. The van der Waals surface area contributed by atoms with E-state index in [2.05, 4.69) is 35.2 Å². The van der Waals surface area contributed by atoms with Crippen molar-refractivity contribution in [2.45, 2.75) is 13.8 Å². The fourth-order valence-electron chi connectivity index (χ4n) is 1.86. The summed E-state index contributed by atoms with van der Waals surface area (Å²) in [7, 11) is 0. The largest absolute Gasteiger partial charge is 0.472 e. The number of thiophene rings is 1. The molecule has 3 rings (SSSR count).